The van der Waals surface area contributed by atoms with Gasteiger partial charge >= 0.3 is 0 Å². The second-order valence-corrected chi connectivity index (χ2v) is 5.13. The molecule has 2 rings (SSSR count). The number of rotatable bonds is 3. The number of carbonyl (C=O) groups excluding carboxylic acids is 1. The van der Waals surface area contributed by atoms with Crippen LogP contribution in [-0.4, -0.2) is 18.5 Å². The first-order valence-corrected chi connectivity index (χ1v) is 6.28. The Kier molecular flexibility index (Phi) is 3.63. The van der Waals surface area contributed by atoms with E-state index >= 15 is 0 Å². The Hall–Kier alpha value is -1.15. The minimum absolute atomic E-state index is 0.185. The predicted octanol–water partition coefficient (Wildman–Crippen LogP) is 2.84. The van der Waals surface area contributed by atoms with Crippen molar-refractivity contribution in [1.82, 2.24) is 0 Å². The molecule has 1 aliphatic rings. The normalized spacial score (nSPS) is 23.9. The van der Waals surface area contributed by atoms with E-state index in [1.807, 2.05) is 0 Å². The van der Waals surface area contributed by atoms with Crippen LogP contribution in [0.2, 0.25) is 0 Å². The lowest BCUT2D eigenvalue weighted by Crippen LogP contribution is -2.27. The molecule has 1 aromatic rings. The summed E-state index contributed by atoms with van der Waals surface area (Å²) in [5, 5.41) is 0. The Balaban J connectivity index is 2.10. The van der Waals surface area contributed by atoms with E-state index in [0.29, 0.717) is 12.3 Å². The summed E-state index contributed by atoms with van der Waals surface area (Å²) in [6.07, 6.45) is 1.32. The van der Waals surface area contributed by atoms with Gasteiger partial charge in [0.2, 0.25) is 0 Å². The molecule has 0 aliphatic carbocycles. The molecule has 2 heteroatoms. The Morgan fingerprint density at radius 2 is 2.18 bits per heavy atom. The van der Waals surface area contributed by atoms with Crippen molar-refractivity contribution in [2.45, 2.75) is 39.7 Å². The van der Waals surface area contributed by atoms with Crippen molar-refractivity contribution >= 4 is 5.78 Å². The van der Waals surface area contributed by atoms with Gasteiger partial charge in [0.25, 0.3) is 0 Å². The molecule has 1 fully saturated rings. The average molecular weight is 232 g/mol. The van der Waals surface area contributed by atoms with Crippen LogP contribution in [0, 0.1) is 19.8 Å². The molecule has 0 spiro atoms. The van der Waals surface area contributed by atoms with Gasteiger partial charge in [0, 0.05) is 13.0 Å². The molecule has 1 aromatic carbocycles. The average Bonchev–Trinajstić information content (AvgIpc) is 2.70. The zero-order valence-corrected chi connectivity index (χ0v) is 10.8. The molecule has 1 heterocycles. The molecule has 92 valence electrons. The minimum atomic E-state index is -0.185. The van der Waals surface area contributed by atoms with Gasteiger partial charge in [-0.05, 0) is 37.3 Å². The first-order valence-electron chi connectivity index (χ1n) is 6.28. The zero-order chi connectivity index (χ0) is 12.4. The second kappa shape index (κ2) is 5.01. The first-order chi connectivity index (χ1) is 8.08. The SMILES string of the molecule is Cc1ccc(C)c(CC(=O)C2OCCC2C)c1. The van der Waals surface area contributed by atoms with Gasteiger partial charge in [-0.2, -0.15) is 0 Å². The minimum Gasteiger partial charge on any atom is -0.370 e. The highest BCUT2D eigenvalue weighted by Gasteiger charge is 2.30. The lowest BCUT2D eigenvalue weighted by molar-refractivity contribution is -0.128. The predicted molar refractivity (Wildman–Crippen MR) is 68.1 cm³/mol. The standard InChI is InChI=1S/C15H20O2/c1-10-4-5-11(2)13(8-10)9-14(16)15-12(3)6-7-17-15/h4-5,8,12,15H,6-7,9H2,1-3H3. The summed E-state index contributed by atoms with van der Waals surface area (Å²) in [6, 6.07) is 6.27. The third kappa shape index (κ3) is 2.75. The summed E-state index contributed by atoms with van der Waals surface area (Å²) >= 11 is 0. The van der Waals surface area contributed by atoms with Crippen molar-refractivity contribution < 1.29 is 9.53 Å². The van der Waals surface area contributed by atoms with Gasteiger partial charge in [0.15, 0.2) is 5.78 Å². The van der Waals surface area contributed by atoms with E-state index in [-0.39, 0.29) is 11.9 Å². The highest BCUT2D eigenvalue weighted by Crippen LogP contribution is 2.23. The van der Waals surface area contributed by atoms with Crippen LogP contribution in [0.25, 0.3) is 0 Å². The molecular formula is C15H20O2. The number of ketones is 1. The summed E-state index contributed by atoms with van der Waals surface area (Å²) in [7, 11) is 0. The maximum Gasteiger partial charge on any atom is 0.166 e. The third-order valence-electron chi connectivity index (χ3n) is 3.57. The lowest BCUT2D eigenvalue weighted by atomic mass is 9.94. The van der Waals surface area contributed by atoms with E-state index in [1.54, 1.807) is 0 Å². The van der Waals surface area contributed by atoms with Gasteiger partial charge in [-0.15, -0.1) is 0 Å². The molecule has 1 aliphatic heterocycles. The molecule has 2 unspecified atom stereocenters. The fourth-order valence-electron chi connectivity index (χ4n) is 2.39. The number of carbonyl (C=O) groups is 1. The summed E-state index contributed by atoms with van der Waals surface area (Å²) in [5.41, 5.74) is 3.53. The number of hydrogen-bond acceptors (Lipinski definition) is 2. The van der Waals surface area contributed by atoms with Gasteiger partial charge in [-0.25, -0.2) is 0 Å². The molecule has 0 amide bonds. The van der Waals surface area contributed by atoms with Crippen molar-refractivity contribution in [3.63, 3.8) is 0 Å². The molecule has 0 radical (unpaired) electrons. The Labute approximate surface area is 103 Å². The maximum atomic E-state index is 12.2. The molecular weight excluding hydrogens is 212 g/mol. The van der Waals surface area contributed by atoms with E-state index in [1.165, 1.54) is 11.1 Å². The Morgan fingerprint density at radius 3 is 2.82 bits per heavy atom. The molecule has 0 saturated carbocycles. The van der Waals surface area contributed by atoms with Crippen LogP contribution < -0.4 is 0 Å². The van der Waals surface area contributed by atoms with Gasteiger partial charge in [0.1, 0.15) is 6.10 Å². The number of Topliss-reactive ketones (excluding diaryl/α,β-unsaturated/α-hetero) is 1. The van der Waals surface area contributed by atoms with E-state index in [2.05, 4.69) is 39.0 Å². The van der Waals surface area contributed by atoms with Crippen molar-refractivity contribution in [3.05, 3.63) is 34.9 Å². The monoisotopic (exact) mass is 232 g/mol. The fraction of sp³-hybridized carbons (Fsp3) is 0.533. The molecule has 17 heavy (non-hydrogen) atoms. The fourth-order valence-corrected chi connectivity index (χ4v) is 2.39. The Morgan fingerprint density at radius 1 is 1.41 bits per heavy atom. The maximum absolute atomic E-state index is 12.2. The van der Waals surface area contributed by atoms with Crippen LogP contribution in [0.1, 0.15) is 30.0 Å². The van der Waals surface area contributed by atoms with E-state index in [4.69, 9.17) is 4.74 Å². The third-order valence-corrected chi connectivity index (χ3v) is 3.57. The quantitative estimate of drug-likeness (QED) is 0.801. The smallest absolute Gasteiger partial charge is 0.166 e. The van der Waals surface area contributed by atoms with Crippen LogP contribution in [0.15, 0.2) is 18.2 Å². The largest absolute Gasteiger partial charge is 0.370 e. The van der Waals surface area contributed by atoms with Crippen LogP contribution >= 0.6 is 0 Å². The second-order valence-electron chi connectivity index (χ2n) is 5.13. The number of hydrogen-bond donors (Lipinski definition) is 0. The molecule has 0 aromatic heterocycles. The molecule has 2 nitrogen and oxygen atoms in total. The van der Waals surface area contributed by atoms with Crippen molar-refractivity contribution in [1.29, 1.82) is 0 Å². The van der Waals surface area contributed by atoms with Crippen molar-refractivity contribution in [2.24, 2.45) is 5.92 Å². The first kappa shape index (κ1) is 12.3. The van der Waals surface area contributed by atoms with E-state index < -0.39 is 0 Å². The van der Waals surface area contributed by atoms with Crippen LogP contribution in [-0.2, 0) is 16.0 Å². The van der Waals surface area contributed by atoms with Crippen LogP contribution in [0.4, 0.5) is 0 Å². The van der Waals surface area contributed by atoms with Gasteiger partial charge in [-0.3, -0.25) is 4.79 Å². The van der Waals surface area contributed by atoms with Gasteiger partial charge in [-0.1, -0.05) is 30.7 Å². The lowest BCUT2D eigenvalue weighted by Gasteiger charge is -2.14. The topological polar surface area (TPSA) is 26.3 Å². The van der Waals surface area contributed by atoms with Crippen LogP contribution in [0.3, 0.4) is 0 Å². The van der Waals surface area contributed by atoms with Gasteiger partial charge < -0.3 is 4.74 Å². The summed E-state index contributed by atoms with van der Waals surface area (Å²) in [5.74, 6) is 0.594. The van der Waals surface area contributed by atoms with Crippen molar-refractivity contribution in [3.8, 4) is 0 Å². The van der Waals surface area contributed by atoms with Gasteiger partial charge in [0.05, 0.1) is 0 Å². The summed E-state index contributed by atoms with van der Waals surface area (Å²) in [4.78, 5) is 12.2. The number of benzene rings is 1. The molecule has 0 N–H and O–H groups in total. The Bertz CT molecular complexity index is 423. The van der Waals surface area contributed by atoms with Crippen molar-refractivity contribution in [2.75, 3.05) is 6.61 Å². The van der Waals surface area contributed by atoms with Crippen LogP contribution in [0.5, 0.6) is 0 Å². The molecule has 1 saturated heterocycles. The highest BCUT2D eigenvalue weighted by molar-refractivity contribution is 5.86. The summed E-state index contributed by atoms with van der Waals surface area (Å²) in [6.45, 7) is 6.94. The number of ether oxygens (including phenoxy) is 1. The zero-order valence-electron chi connectivity index (χ0n) is 10.8. The molecule has 2 atom stereocenters. The molecule has 0 bridgehead atoms. The van der Waals surface area contributed by atoms with E-state index in [0.717, 1.165) is 18.6 Å². The number of aryl methyl sites for hydroxylation is 2. The highest BCUT2D eigenvalue weighted by atomic mass is 16.5. The summed E-state index contributed by atoms with van der Waals surface area (Å²) < 4.78 is 5.52. The van der Waals surface area contributed by atoms with E-state index in [9.17, 15) is 4.79 Å².